The molecule has 1 aliphatic heterocycles. The number of aromatic hydroxyl groups is 1. The van der Waals surface area contributed by atoms with Crippen LogP contribution in [0.2, 0.25) is 0 Å². The zero-order valence-electron chi connectivity index (χ0n) is 15.1. The first-order valence-electron chi connectivity index (χ1n) is 8.59. The molecular formula is C18H22N2O5S2. The highest BCUT2D eigenvalue weighted by Gasteiger charge is 2.46. The Labute approximate surface area is 162 Å². The van der Waals surface area contributed by atoms with Gasteiger partial charge in [-0.05, 0) is 51.0 Å². The molecule has 0 bridgehead atoms. The number of phenolic OH excluding ortho intramolecular Hbond substituents is 1. The maximum Gasteiger partial charge on any atom is 0.247 e. The van der Waals surface area contributed by atoms with Crippen LogP contribution in [0.5, 0.6) is 5.75 Å². The number of rotatable bonds is 5. The van der Waals surface area contributed by atoms with Crippen LogP contribution in [0.15, 0.2) is 29.6 Å². The number of hydrogen-bond donors (Lipinski definition) is 2. The highest BCUT2D eigenvalue weighted by molar-refractivity contribution is 7.94. The molecule has 3 rings (SSSR count). The summed E-state index contributed by atoms with van der Waals surface area (Å²) in [5, 5.41) is 13.5. The Kier molecular flexibility index (Phi) is 5.55. The van der Waals surface area contributed by atoms with Gasteiger partial charge in [-0.25, -0.2) is 13.4 Å². The van der Waals surface area contributed by atoms with E-state index in [2.05, 4.69) is 10.3 Å². The SMILES string of the molecule is CC(C)(C(=O)Nc1nc(-c2ccc(O)cc2)cs1)S(=O)(=O)C1CCOCC1. The first kappa shape index (κ1) is 19.8. The molecule has 1 amide bonds. The Morgan fingerprint density at radius 2 is 1.89 bits per heavy atom. The molecule has 2 heterocycles. The van der Waals surface area contributed by atoms with Gasteiger partial charge in [0.25, 0.3) is 0 Å². The summed E-state index contributed by atoms with van der Waals surface area (Å²) in [4.78, 5) is 17.1. The fourth-order valence-corrected chi connectivity index (χ4v) is 5.55. The van der Waals surface area contributed by atoms with E-state index in [0.717, 1.165) is 5.56 Å². The summed E-state index contributed by atoms with van der Waals surface area (Å²) in [5.74, 6) is -0.442. The van der Waals surface area contributed by atoms with E-state index in [1.165, 1.54) is 25.2 Å². The Morgan fingerprint density at radius 3 is 2.52 bits per heavy atom. The summed E-state index contributed by atoms with van der Waals surface area (Å²) < 4.78 is 29.5. The second-order valence-electron chi connectivity index (χ2n) is 6.91. The molecule has 1 saturated heterocycles. The Morgan fingerprint density at radius 1 is 1.26 bits per heavy atom. The van der Waals surface area contributed by atoms with Crippen molar-refractivity contribution in [1.29, 1.82) is 0 Å². The average Bonchev–Trinajstić information content (AvgIpc) is 3.11. The van der Waals surface area contributed by atoms with Crippen LogP contribution in [0.25, 0.3) is 11.3 Å². The van der Waals surface area contributed by atoms with E-state index < -0.39 is 25.7 Å². The molecule has 7 nitrogen and oxygen atoms in total. The lowest BCUT2D eigenvalue weighted by molar-refractivity contribution is -0.117. The third-order valence-corrected chi connectivity index (χ3v) is 8.47. The topological polar surface area (TPSA) is 106 Å². The molecule has 1 aromatic carbocycles. The van der Waals surface area contributed by atoms with Gasteiger partial charge in [-0.2, -0.15) is 0 Å². The minimum absolute atomic E-state index is 0.155. The number of carbonyl (C=O) groups excluding carboxylic acids is 1. The van der Waals surface area contributed by atoms with Crippen LogP contribution in [-0.2, 0) is 19.4 Å². The smallest absolute Gasteiger partial charge is 0.247 e. The van der Waals surface area contributed by atoms with Crippen molar-refractivity contribution in [2.24, 2.45) is 0 Å². The van der Waals surface area contributed by atoms with Gasteiger partial charge in [0.2, 0.25) is 5.91 Å². The van der Waals surface area contributed by atoms with Gasteiger partial charge in [-0.15, -0.1) is 11.3 Å². The minimum atomic E-state index is -3.67. The van der Waals surface area contributed by atoms with Crippen molar-refractivity contribution in [3.05, 3.63) is 29.6 Å². The zero-order valence-corrected chi connectivity index (χ0v) is 16.8. The Hall–Kier alpha value is -1.97. The Bertz CT molecular complexity index is 913. The zero-order chi connectivity index (χ0) is 19.7. The van der Waals surface area contributed by atoms with Gasteiger partial charge in [0.15, 0.2) is 15.0 Å². The molecule has 0 spiro atoms. The average molecular weight is 411 g/mol. The van der Waals surface area contributed by atoms with Gasteiger partial charge in [-0.1, -0.05) is 0 Å². The molecule has 1 fully saturated rings. The normalized spacial score (nSPS) is 16.2. The molecule has 0 atom stereocenters. The summed E-state index contributed by atoms with van der Waals surface area (Å²) in [7, 11) is -3.67. The van der Waals surface area contributed by atoms with Crippen molar-refractivity contribution in [1.82, 2.24) is 4.98 Å². The van der Waals surface area contributed by atoms with E-state index in [0.29, 0.717) is 36.9 Å². The van der Waals surface area contributed by atoms with Crippen LogP contribution in [0.3, 0.4) is 0 Å². The number of ether oxygens (including phenoxy) is 1. The molecule has 1 aliphatic rings. The summed E-state index contributed by atoms with van der Waals surface area (Å²) in [6.07, 6.45) is 0.808. The molecule has 2 N–H and O–H groups in total. The monoisotopic (exact) mass is 410 g/mol. The van der Waals surface area contributed by atoms with Crippen LogP contribution in [0.4, 0.5) is 5.13 Å². The lowest BCUT2D eigenvalue weighted by Gasteiger charge is -2.30. The first-order chi connectivity index (χ1) is 12.7. The van der Waals surface area contributed by atoms with E-state index in [9.17, 15) is 18.3 Å². The van der Waals surface area contributed by atoms with Crippen molar-refractivity contribution in [2.45, 2.75) is 36.7 Å². The van der Waals surface area contributed by atoms with Gasteiger partial charge >= 0.3 is 0 Å². The molecule has 9 heteroatoms. The number of carbonyl (C=O) groups is 1. The molecular weight excluding hydrogens is 388 g/mol. The van der Waals surface area contributed by atoms with E-state index >= 15 is 0 Å². The quantitative estimate of drug-likeness (QED) is 0.785. The summed E-state index contributed by atoms with van der Waals surface area (Å²) >= 11 is 1.22. The number of benzene rings is 1. The second-order valence-corrected chi connectivity index (χ2v) is 10.5. The Balaban J connectivity index is 1.75. The number of nitrogens with one attached hydrogen (secondary N) is 1. The highest BCUT2D eigenvalue weighted by Crippen LogP contribution is 2.30. The number of anilines is 1. The molecule has 2 aromatic rings. The number of aromatic nitrogens is 1. The van der Waals surface area contributed by atoms with E-state index in [4.69, 9.17) is 4.74 Å². The van der Waals surface area contributed by atoms with Gasteiger partial charge in [0, 0.05) is 24.2 Å². The lowest BCUT2D eigenvalue weighted by atomic mass is 10.2. The number of hydrogen-bond acceptors (Lipinski definition) is 7. The fraction of sp³-hybridized carbons (Fsp3) is 0.444. The number of sulfone groups is 1. The molecule has 0 radical (unpaired) electrons. The predicted octanol–water partition coefficient (Wildman–Crippen LogP) is 2.83. The third kappa shape index (κ3) is 3.99. The van der Waals surface area contributed by atoms with Crippen molar-refractivity contribution in [3.8, 4) is 17.0 Å². The third-order valence-electron chi connectivity index (χ3n) is 4.75. The van der Waals surface area contributed by atoms with Gasteiger partial charge in [-0.3, -0.25) is 4.79 Å². The number of nitrogens with zero attached hydrogens (tertiary/aromatic N) is 1. The van der Waals surface area contributed by atoms with Crippen molar-refractivity contribution < 1.29 is 23.1 Å². The van der Waals surface area contributed by atoms with E-state index in [-0.39, 0.29) is 5.75 Å². The van der Waals surface area contributed by atoms with E-state index in [1.54, 1.807) is 29.6 Å². The standard InChI is InChI=1S/C18H22N2O5S2/c1-18(2,27(23,24)14-7-9-25-10-8-14)16(22)20-17-19-15(11-26-17)12-3-5-13(21)6-4-12/h3-6,11,14,21H,7-10H2,1-2H3,(H,19,20,22). The lowest BCUT2D eigenvalue weighted by Crippen LogP contribution is -2.50. The molecule has 0 unspecified atom stereocenters. The molecule has 0 aliphatic carbocycles. The second kappa shape index (κ2) is 7.57. The molecule has 27 heavy (non-hydrogen) atoms. The maximum atomic E-state index is 12.9. The van der Waals surface area contributed by atoms with Crippen LogP contribution in [0.1, 0.15) is 26.7 Å². The molecule has 0 saturated carbocycles. The molecule has 146 valence electrons. The minimum Gasteiger partial charge on any atom is -0.508 e. The van der Waals surface area contributed by atoms with Gasteiger partial charge in [0.05, 0.1) is 10.9 Å². The summed E-state index contributed by atoms with van der Waals surface area (Å²) in [5.41, 5.74) is 1.43. The van der Waals surface area contributed by atoms with Gasteiger partial charge in [0.1, 0.15) is 10.5 Å². The van der Waals surface area contributed by atoms with Crippen molar-refractivity contribution in [3.63, 3.8) is 0 Å². The number of thiazole rings is 1. The van der Waals surface area contributed by atoms with Crippen LogP contribution < -0.4 is 5.32 Å². The fourth-order valence-electron chi connectivity index (χ4n) is 2.88. The first-order valence-corrected chi connectivity index (χ1v) is 11.0. The van der Waals surface area contributed by atoms with Crippen molar-refractivity contribution >= 4 is 32.2 Å². The van der Waals surface area contributed by atoms with Crippen LogP contribution >= 0.6 is 11.3 Å². The highest BCUT2D eigenvalue weighted by atomic mass is 32.2. The predicted molar refractivity (Wildman–Crippen MR) is 105 cm³/mol. The van der Waals surface area contributed by atoms with Gasteiger partial charge < -0.3 is 15.2 Å². The summed E-state index contributed by atoms with van der Waals surface area (Å²) in [6.45, 7) is 3.65. The summed E-state index contributed by atoms with van der Waals surface area (Å²) in [6, 6.07) is 6.54. The number of amides is 1. The van der Waals surface area contributed by atoms with Crippen LogP contribution in [0, 0.1) is 0 Å². The van der Waals surface area contributed by atoms with E-state index in [1.807, 2.05) is 0 Å². The largest absolute Gasteiger partial charge is 0.508 e. The number of phenols is 1. The molecule has 1 aromatic heterocycles. The van der Waals surface area contributed by atoms with Crippen molar-refractivity contribution in [2.75, 3.05) is 18.5 Å². The van der Waals surface area contributed by atoms with Crippen LogP contribution in [-0.4, -0.2) is 47.6 Å². The maximum absolute atomic E-state index is 12.9.